The lowest BCUT2D eigenvalue weighted by Crippen LogP contribution is -2.16. The Labute approximate surface area is 101 Å². The zero-order chi connectivity index (χ0) is 11.8. The Bertz CT molecular complexity index is 353. The van der Waals surface area contributed by atoms with Gasteiger partial charge in [-0.05, 0) is 18.6 Å². The van der Waals surface area contributed by atoms with Gasteiger partial charge in [0, 0.05) is 19.8 Å². The van der Waals surface area contributed by atoms with Crippen LogP contribution in [0.1, 0.15) is 5.56 Å². The van der Waals surface area contributed by atoms with Crippen molar-refractivity contribution in [3.63, 3.8) is 0 Å². The van der Waals surface area contributed by atoms with E-state index in [1.165, 1.54) is 5.56 Å². The third-order valence-electron chi connectivity index (χ3n) is 2.09. The molecule has 0 heterocycles. The predicted molar refractivity (Wildman–Crippen MR) is 71.6 cm³/mol. The van der Waals surface area contributed by atoms with E-state index in [4.69, 9.17) is 4.74 Å². The van der Waals surface area contributed by atoms with E-state index < -0.39 is 0 Å². The first-order chi connectivity index (χ1) is 7.77. The van der Waals surface area contributed by atoms with Crippen LogP contribution < -0.4 is 10.1 Å². The highest BCUT2D eigenvalue weighted by Crippen LogP contribution is 2.16. The van der Waals surface area contributed by atoms with Gasteiger partial charge in [0.05, 0.1) is 6.61 Å². The van der Waals surface area contributed by atoms with Crippen LogP contribution >= 0.6 is 11.8 Å². The van der Waals surface area contributed by atoms with E-state index in [2.05, 4.69) is 23.3 Å². The van der Waals surface area contributed by atoms with Gasteiger partial charge in [-0.2, -0.15) is 0 Å². The summed E-state index contributed by atoms with van der Waals surface area (Å²) in [6.07, 6.45) is 0. The summed E-state index contributed by atoms with van der Waals surface area (Å²) in [7, 11) is 3.65. The van der Waals surface area contributed by atoms with Gasteiger partial charge in [0.25, 0.3) is 0 Å². The van der Waals surface area contributed by atoms with Crippen LogP contribution in [0.15, 0.2) is 29.3 Å². The van der Waals surface area contributed by atoms with E-state index in [9.17, 15) is 0 Å². The second kappa shape index (κ2) is 7.17. The lowest BCUT2D eigenvalue weighted by molar-refractivity contribution is 0.342. The smallest absolute Gasteiger partial charge is 0.156 e. The maximum atomic E-state index is 5.67. The van der Waals surface area contributed by atoms with Crippen molar-refractivity contribution in [3.8, 4) is 5.75 Å². The largest absolute Gasteiger partial charge is 0.492 e. The number of hydrogen-bond donors (Lipinski definition) is 1. The number of aryl methyl sites for hydroxylation is 1. The Balaban J connectivity index is 2.29. The summed E-state index contributed by atoms with van der Waals surface area (Å²) in [5.74, 6) is 1.85. The van der Waals surface area contributed by atoms with Gasteiger partial charge in [-0.3, -0.25) is 4.99 Å². The number of rotatable bonds is 4. The zero-order valence-electron chi connectivity index (χ0n) is 9.99. The first kappa shape index (κ1) is 12.9. The molecule has 16 heavy (non-hydrogen) atoms. The van der Waals surface area contributed by atoms with Gasteiger partial charge in [0.2, 0.25) is 0 Å². The molecule has 1 aromatic rings. The molecule has 0 spiro atoms. The fourth-order valence-electron chi connectivity index (χ4n) is 1.26. The fraction of sp³-hybridized carbons (Fsp3) is 0.417. The molecule has 1 aromatic carbocycles. The SMILES string of the molecule is CN=C(NC)SCCOc1ccccc1C. The van der Waals surface area contributed by atoms with Crippen molar-refractivity contribution in [1.29, 1.82) is 0 Å². The summed E-state index contributed by atoms with van der Waals surface area (Å²) in [6.45, 7) is 2.74. The van der Waals surface area contributed by atoms with E-state index >= 15 is 0 Å². The van der Waals surface area contributed by atoms with Crippen molar-refractivity contribution in [2.75, 3.05) is 26.5 Å². The third-order valence-corrected chi connectivity index (χ3v) is 3.12. The maximum Gasteiger partial charge on any atom is 0.156 e. The Kier molecular flexibility index (Phi) is 5.78. The minimum absolute atomic E-state index is 0.691. The van der Waals surface area contributed by atoms with Crippen LogP contribution in [0, 0.1) is 6.92 Å². The highest BCUT2D eigenvalue weighted by Gasteiger charge is 1.99. The molecule has 0 unspecified atom stereocenters. The lowest BCUT2D eigenvalue weighted by Gasteiger charge is -2.08. The second-order valence-electron chi connectivity index (χ2n) is 3.24. The van der Waals surface area contributed by atoms with Crippen LogP contribution in [0.25, 0.3) is 0 Å². The molecule has 0 aliphatic heterocycles. The lowest BCUT2D eigenvalue weighted by atomic mass is 10.2. The van der Waals surface area contributed by atoms with Crippen LogP contribution in [-0.4, -0.2) is 31.6 Å². The second-order valence-corrected chi connectivity index (χ2v) is 4.32. The minimum atomic E-state index is 0.691. The molecular weight excluding hydrogens is 220 g/mol. The average Bonchev–Trinajstić information content (AvgIpc) is 2.31. The van der Waals surface area contributed by atoms with Crippen molar-refractivity contribution in [2.24, 2.45) is 4.99 Å². The van der Waals surface area contributed by atoms with Crippen LogP contribution in [0.2, 0.25) is 0 Å². The van der Waals surface area contributed by atoms with E-state index in [0.717, 1.165) is 16.7 Å². The monoisotopic (exact) mass is 238 g/mol. The van der Waals surface area contributed by atoms with Crippen molar-refractivity contribution in [1.82, 2.24) is 5.32 Å². The number of para-hydroxylation sites is 1. The maximum absolute atomic E-state index is 5.67. The summed E-state index contributed by atoms with van der Waals surface area (Å²) < 4.78 is 5.67. The van der Waals surface area contributed by atoms with E-state index in [1.54, 1.807) is 18.8 Å². The first-order valence-corrected chi connectivity index (χ1v) is 6.22. The van der Waals surface area contributed by atoms with E-state index in [1.807, 2.05) is 25.2 Å². The van der Waals surface area contributed by atoms with Crippen molar-refractivity contribution < 1.29 is 4.74 Å². The Morgan fingerprint density at radius 2 is 2.19 bits per heavy atom. The topological polar surface area (TPSA) is 33.6 Å². The van der Waals surface area contributed by atoms with Crippen molar-refractivity contribution >= 4 is 16.9 Å². The molecule has 3 nitrogen and oxygen atoms in total. The highest BCUT2D eigenvalue weighted by atomic mass is 32.2. The fourth-order valence-corrected chi connectivity index (χ4v) is 1.89. The normalized spacial score (nSPS) is 11.3. The van der Waals surface area contributed by atoms with Gasteiger partial charge in [0.1, 0.15) is 5.75 Å². The minimum Gasteiger partial charge on any atom is -0.492 e. The standard InChI is InChI=1S/C12H18N2OS/c1-10-6-4-5-7-11(10)15-8-9-16-12(13-2)14-3/h4-7H,8-9H2,1-3H3,(H,13,14). The Morgan fingerprint density at radius 1 is 1.44 bits per heavy atom. The molecule has 0 saturated heterocycles. The van der Waals surface area contributed by atoms with Gasteiger partial charge < -0.3 is 10.1 Å². The molecule has 0 aliphatic carbocycles. The number of benzene rings is 1. The first-order valence-electron chi connectivity index (χ1n) is 5.23. The molecular formula is C12H18N2OS. The van der Waals surface area contributed by atoms with Crippen molar-refractivity contribution in [3.05, 3.63) is 29.8 Å². The Morgan fingerprint density at radius 3 is 2.81 bits per heavy atom. The van der Waals surface area contributed by atoms with E-state index in [0.29, 0.717) is 6.61 Å². The zero-order valence-corrected chi connectivity index (χ0v) is 10.8. The number of hydrogen-bond acceptors (Lipinski definition) is 3. The Hall–Kier alpha value is -1.16. The molecule has 0 bridgehead atoms. The molecule has 0 atom stereocenters. The third kappa shape index (κ3) is 4.14. The van der Waals surface area contributed by atoms with Gasteiger partial charge in [-0.25, -0.2) is 0 Å². The number of amidine groups is 1. The van der Waals surface area contributed by atoms with Gasteiger partial charge in [-0.15, -0.1) is 0 Å². The molecule has 0 saturated carbocycles. The molecule has 0 aliphatic rings. The molecule has 0 amide bonds. The van der Waals surface area contributed by atoms with Crippen molar-refractivity contribution in [2.45, 2.75) is 6.92 Å². The number of thioether (sulfide) groups is 1. The van der Waals surface area contributed by atoms with Crippen LogP contribution in [0.5, 0.6) is 5.75 Å². The number of ether oxygens (including phenoxy) is 1. The molecule has 4 heteroatoms. The molecule has 0 aromatic heterocycles. The summed E-state index contributed by atoms with van der Waals surface area (Å²) in [6, 6.07) is 8.05. The van der Waals surface area contributed by atoms with Crippen LogP contribution in [0.4, 0.5) is 0 Å². The molecule has 0 radical (unpaired) electrons. The van der Waals surface area contributed by atoms with Gasteiger partial charge in [0.15, 0.2) is 5.17 Å². The molecule has 1 rings (SSSR count). The number of aliphatic imine (C=N–C) groups is 1. The number of nitrogens with one attached hydrogen (secondary N) is 1. The number of nitrogens with zero attached hydrogens (tertiary/aromatic N) is 1. The predicted octanol–water partition coefficient (Wildman–Crippen LogP) is 2.31. The summed E-state index contributed by atoms with van der Waals surface area (Å²) in [5, 5.41) is 3.96. The summed E-state index contributed by atoms with van der Waals surface area (Å²) in [5.41, 5.74) is 1.17. The van der Waals surface area contributed by atoms with Gasteiger partial charge in [-0.1, -0.05) is 30.0 Å². The van der Waals surface area contributed by atoms with Crippen LogP contribution in [0.3, 0.4) is 0 Å². The summed E-state index contributed by atoms with van der Waals surface area (Å²) >= 11 is 1.66. The average molecular weight is 238 g/mol. The molecule has 88 valence electrons. The quantitative estimate of drug-likeness (QED) is 0.496. The highest BCUT2D eigenvalue weighted by molar-refractivity contribution is 8.13. The van der Waals surface area contributed by atoms with Gasteiger partial charge >= 0.3 is 0 Å². The van der Waals surface area contributed by atoms with E-state index in [-0.39, 0.29) is 0 Å². The molecule has 0 fully saturated rings. The van der Waals surface area contributed by atoms with Crippen LogP contribution in [-0.2, 0) is 0 Å². The molecule has 1 N–H and O–H groups in total. The summed E-state index contributed by atoms with van der Waals surface area (Å²) in [4.78, 5) is 4.08.